The normalized spacial score (nSPS) is 11.4. The van der Waals surface area contributed by atoms with Crippen LogP contribution in [-0.2, 0) is 0 Å². The van der Waals surface area contributed by atoms with E-state index in [1.807, 2.05) is 25.1 Å². The molecule has 1 aromatic rings. The molecule has 0 aromatic heterocycles. The van der Waals surface area contributed by atoms with Gasteiger partial charge < -0.3 is 5.11 Å². The van der Waals surface area contributed by atoms with E-state index in [1.54, 1.807) is 0 Å². The summed E-state index contributed by atoms with van der Waals surface area (Å²) in [7, 11) is 0. The Bertz CT molecular complexity index is 426. The first-order chi connectivity index (χ1) is 7.63. The molecule has 0 bridgehead atoms. The van der Waals surface area contributed by atoms with Crippen LogP contribution in [0.15, 0.2) is 35.3 Å². The van der Waals surface area contributed by atoms with Gasteiger partial charge in [-0.3, -0.25) is 0 Å². The highest BCUT2D eigenvalue weighted by atomic mass is 79.9. The number of aliphatic hydroxyl groups excluding tert-OH is 1. The van der Waals surface area contributed by atoms with Crippen molar-refractivity contribution in [2.75, 3.05) is 0 Å². The minimum atomic E-state index is -0.446. The molecule has 1 nitrogen and oxygen atoms in total. The Morgan fingerprint density at radius 3 is 3.00 bits per heavy atom. The van der Waals surface area contributed by atoms with E-state index in [0.717, 1.165) is 10.0 Å². The highest BCUT2D eigenvalue weighted by Gasteiger charge is 1.96. The smallest absolute Gasteiger partial charge is 0.0727 e. The van der Waals surface area contributed by atoms with Gasteiger partial charge in [0.25, 0.3) is 0 Å². The van der Waals surface area contributed by atoms with E-state index in [-0.39, 0.29) is 0 Å². The van der Waals surface area contributed by atoms with Gasteiger partial charge in [0.1, 0.15) is 0 Å². The van der Waals surface area contributed by atoms with Crippen molar-refractivity contribution in [1.29, 1.82) is 0 Å². The fourth-order valence-electron chi connectivity index (χ4n) is 1.22. The molecule has 0 spiro atoms. The van der Waals surface area contributed by atoms with Crippen LogP contribution in [0.2, 0.25) is 0 Å². The first-order valence-electron chi connectivity index (χ1n) is 5.19. The molecular formula is C14H15BrO. The molecule has 0 saturated heterocycles. The first-order valence-corrected chi connectivity index (χ1v) is 5.98. The number of benzene rings is 1. The molecule has 0 radical (unpaired) electrons. The third-order valence-corrected chi connectivity index (χ3v) is 2.75. The van der Waals surface area contributed by atoms with Crippen molar-refractivity contribution in [1.82, 2.24) is 0 Å². The molecule has 1 rings (SSSR count). The number of halogens is 1. The average Bonchev–Trinajstić information content (AvgIpc) is 2.28. The van der Waals surface area contributed by atoms with Crippen LogP contribution >= 0.6 is 15.9 Å². The molecular weight excluding hydrogens is 264 g/mol. The van der Waals surface area contributed by atoms with Gasteiger partial charge in [-0.15, -0.1) is 6.58 Å². The fourth-order valence-corrected chi connectivity index (χ4v) is 1.59. The summed E-state index contributed by atoms with van der Waals surface area (Å²) < 4.78 is 1.04. The number of hydrogen-bond acceptors (Lipinski definition) is 1. The Morgan fingerprint density at radius 2 is 2.31 bits per heavy atom. The van der Waals surface area contributed by atoms with E-state index in [4.69, 9.17) is 0 Å². The maximum absolute atomic E-state index is 9.26. The maximum atomic E-state index is 9.26. The van der Waals surface area contributed by atoms with E-state index in [0.29, 0.717) is 12.8 Å². The molecule has 0 aliphatic carbocycles. The highest BCUT2D eigenvalue weighted by Crippen LogP contribution is 2.15. The summed E-state index contributed by atoms with van der Waals surface area (Å²) >= 11 is 3.42. The number of hydrogen-bond donors (Lipinski definition) is 1. The summed E-state index contributed by atoms with van der Waals surface area (Å²) in [5.74, 6) is 6.16. The summed E-state index contributed by atoms with van der Waals surface area (Å²) in [5.41, 5.74) is 2.20. The molecule has 0 amide bonds. The van der Waals surface area contributed by atoms with Crippen LogP contribution < -0.4 is 0 Å². The van der Waals surface area contributed by atoms with Crippen LogP contribution in [-0.4, -0.2) is 11.2 Å². The van der Waals surface area contributed by atoms with Gasteiger partial charge in [0.05, 0.1) is 6.10 Å². The third-order valence-electron chi connectivity index (χ3n) is 2.26. The molecule has 16 heavy (non-hydrogen) atoms. The van der Waals surface area contributed by atoms with Crippen LogP contribution in [0.25, 0.3) is 0 Å². The zero-order chi connectivity index (χ0) is 12.0. The van der Waals surface area contributed by atoms with Crippen LogP contribution in [0.3, 0.4) is 0 Å². The van der Waals surface area contributed by atoms with Crippen molar-refractivity contribution < 1.29 is 5.11 Å². The topological polar surface area (TPSA) is 20.2 Å². The summed E-state index contributed by atoms with van der Waals surface area (Å²) in [6, 6.07) is 6.04. The van der Waals surface area contributed by atoms with Gasteiger partial charge in [0.2, 0.25) is 0 Å². The summed E-state index contributed by atoms with van der Waals surface area (Å²) in [4.78, 5) is 0. The molecule has 0 aliphatic heterocycles. The van der Waals surface area contributed by atoms with Crippen molar-refractivity contribution in [3.8, 4) is 11.8 Å². The lowest BCUT2D eigenvalue weighted by Crippen LogP contribution is -1.99. The van der Waals surface area contributed by atoms with Crippen molar-refractivity contribution in [3.63, 3.8) is 0 Å². The first kappa shape index (κ1) is 13.0. The Balaban J connectivity index is 2.62. The average molecular weight is 279 g/mol. The lowest BCUT2D eigenvalue weighted by Gasteiger charge is -2.00. The maximum Gasteiger partial charge on any atom is 0.0727 e. The molecule has 1 unspecified atom stereocenters. The lowest BCUT2D eigenvalue weighted by atomic mass is 10.1. The largest absolute Gasteiger partial charge is 0.389 e. The predicted octanol–water partition coefficient (Wildman–Crippen LogP) is 3.44. The van der Waals surface area contributed by atoms with Gasteiger partial charge >= 0.3 is 0 Å². The van der Waals surface area contributed by atoms with Gasteiger partial charge in [-0.1, -0.05) is 39.9 Å². The monoisotopic (exact) mass is 278 g/mol. The van der Waals surface area contributed by atoms with Crippen molar-refractivity contribution in [2.45, 2.75) is 25.9 Å². The van der Waals surface area contributed by atoms with Gasteiger partial charge in [0.15, 0.2) is 0 Å². The van der Waals surface area contributed by atoms with Crippen molar-refractivity contribution in [2.24, 2.45) is 0 Å². The quantitative estimate of drug-likeness (QED) is 0.664. The van der Waals surface area contributed by atoms with Crippen molar-refractivity contribution >= 4 is 15.9 Å². The highest BCUT2D eigenvalue weighted by molar-refractivity contribution is 9.10. The van der Waals surface area contributed by atoms with E-state index in [2.05, 4.69) is 34.3 Å². The lowest BCUT2D eigenvalue weighted by molar-refractivity contribution is 0.215. The minimum absolute atomic E-state index is 0.446. The van der Waals surface area contributed by atoms with Crippen LogP contribution in [0, 0.1) is 18.8 Å². The molecule has 2 heteroatoms. The van der Waals surface area contributed by atoms with Crippen LogP contribution in [0.4, 0.5) is 0 Å². The third kappa shape index (κ3) is 4.22. The standard InChI is InChI=1S/C14H15BrO/c1-3-14(16)7-5-4-6-12-10-13(15)9-8-11(12)2/h3,8-10,14,16H,1,5,7H2,2H3. The van der Waals surface area contributed by atoms with Gasteiger partial charge in [-0.05, 0) is 31.0 Å². The number of aryl methyl sites for hydroxylation is 1. The van der Waals surface area contributed by atoms with E-state index in [9.17, 15) is 5.11 Å². The second kappa shape index (κ2) is 6.52. The fraction of sp³-hybridized carbons (Fsp3) is 0.286. The molecule has 1 N–H and O–H groups in total. The SMILES string of the molecule is C=CC(O)CCC#Cc1cc(Br)ccc1C. The van der Waals surface area contributed by atoms with Gasteiger partial charge in [0, 0.05) is 16.5 Å². The molecule has 1 atom stereocenters. The molecule has 0 aliphatic rings. The zero-order valence-corrected chi connectivity index (χ0v) is 10.9. The Labute approximate surface area is 105 Å². The predicted molar refractivity (Wildman–Crippen MR) is 71.2 cm³/mol. The number of aliphatic hydroxyl groups is 1. The molecule has 0 heterocycles. The Kier molecular flexibility index (Phi) is 5.31. The van der Waals surface area contributed by atoms with E-state index < -0.39 is 6.10 Å². The molecule has 0 fully saturated rings. The van der Waals surface area contributed by atoms with E-state index in [1.165, 1.54) is 11.6 Å². The second-order valence-electron chi connectivity index (χ2n) is 3.60. The van der Waals surface area contributed by atoms with Gasteiger partial charge in [-0.25, -0.2) is 0 Å². The van der Waals surface area contributed by atoms with Crippen LogP contribution in [0.1, 0.15) is 24.0 Å². The minimum Gasteiger partial charge on any atom is -0.389 e. The van der Waals surface area contributed by atoms with Gasteiger partial charge in [-0.2, -0.15) is 0 Å². The zero-order valence-electron chi connectivity index (χ0n) is 9.33. The van der Waals surface area contributed by atoms with Crippen molar-refractivity contribution in [3.05, 3.63) is 46.5 Å². The summed E-state index contributed by atoms with van der Waals surface area (Å²) in [6.07, 6.45) is 2.41. The van der Waals surface area contributed by atoms with E-state index >= 15 is 0 Å². The Morgan fingerprint density at radius 1 is 1.56 bits per heavy atom. The summed E-state index contributed by atoms with van der Waals surface area (Å²) in [6.45, 7) is 5.56. The number of rotatable bonds is 3. The molecule has 0 saturated carbocycles. The Hall–Kier alpha value is -1.04. The molecule has 84 valence electrons. The van der Waals surface area contributed by atoms with Crippen LogP contribution in [0.5, 0.6) is 0 Å². The second-order valence-corrected chi connectivity index (χ2v) is 4.52. The molecule has 1 aromatic carbocycles. The summed E-state index contributed by atoms with van der Waals surface area (Å²) in [5, 5.41) is 9.26.